The van der Waals surface area contributed by atoms with Gasteiger partial charge in [-0.05, 0) is 35.9 Å². The molecule has 0 aliphatic rings. The zero-order chi connectivity index (χ0) is 24.5. The van der Waals surface area contributed by atoms with E-state index in [2.05, 4.69) is 10.2 Å². The summed E-state index contributed by atoms with van der Waals surface area (Å²) in [6.45, 7) is 0. The van der Waals surface area contributed by atoms with E-state index in [9.17, 15) is 23.3 Å². The van der Waals surface area contributed by atoms with Gasteiger partial charge in [0.25, 0.3) is 5.69 Å². The normalized spacial score (nSPS) is 11.6. The highest BCUT2D eigenvalue weighted by Gasteiger charge is 2.34. The summed E-state index contributed by atoms with van der Waals surface area (Å²) < 4.78 is 42.0. The van der Waals surface area contributed by atoms with E-state index in [1.54, 1.807) is 36.4 Å². The summed E-state index contributed by atoms with van der Waals surface area (Å²) in [7, 11) is 0. The summed E-state index contributed by atoms with van der Waals surface area (Å²) in [5, 5.41) is 19.7. The number of nitro groups is 1. The predicted molar refractivity (Wildman–Crippen MR) is 124 cm³/mol. The van der Waals surface area contributed by atoms with Crippen LogP contribution in [-0.2, 0) is 11.9 Å². The molecule has 4 aromatic rings. The van der Waals surface area contributed by atoms with Gasteiger partial charge >= 0.3 is 6.18 Å². The van der Waals surface area contributed by atoms with E-state index >= 15 is 0 Å². The minimum atomic E-state index is -4.66. The molecule has 0 spiro atoms. The second-order valence-electron chi connectivity index (χ2n) is 7.03. The van der Waals surface area contributed by atoms with Crippen molar-refractivity contribution >= 4 is 40.7 Å². The van der Waals surface area contributed by atoms with Crippen molar-refractivity contribution in [3.8, 4) is 17.1 Å². The third-order valence-electron chi connectivity index (χ3n) is 4.72. The van der Waals surface area contributed by atoms with Gasteiger partial charge in [-0.3, -0.25) is 14.7 Å². The third-order valence-corrected chi connectivity index (χ3v) is 6.28. The van der Waals surface area contributed by atoms with Crippen LogP contribution in [0.3, 0.4) is 0 Å². The fourth-order valence-electron chi connectivity index (χ4n) is 3.19. The molecule has 3 aromatic carbocycles. The van der Waals surface area contributed by atoms with Crippen LogP contribution in [0.2, 0.25) is 10.0 Å². The molecule has 0 saturated heterocycles. The summed E-state index contributed by atoms with van der Waals surface area (Å²) >= 11 is 13.1. The van der Waals surface area contributed by atoms with Crippen molar-refractivity contribution in [2.45, 2.75) is 17.1 Å². The maximum Gasteiger partial charge on any atom is 0.417 e. The summed E-state index contributed by atoms with van der Waals surface area (Å²) in [4.78, 5) is 10.6. The lowest BCUT2D eigenvalue weighted by atomic mass is 10.1. The van der Waals surface area contributed by atoms with Crippen molar-refractivity contribution < 1.29 is 18.1 Å². The van der Waals surface area contributed by atoms with Crippen LogP contribution in [0.15, 0.2) is 71.9 Å². The highest BCUT2D eigenvalue weighted by Crippen LogP contribution is 2.38. The van der Waals surface area contributed by atoms with Crippen molar-refractivity contribution in [3.05, 3.63) is 98.0 Å². The van der Waals surface area contributed by atoms with Crippen LogP contribution in [0.25, 0.3) is 17.1 Å². The van der Waals surface area contributed by atoms with Crippen molar-refractivity contribution in [2.24, 2.45) is 0 Å². The largest absolute Gasteiger partial charge is 0.417 e. The predicted octanol–water partition coefficient (Wildman–Crippen LogP) is 7.46. The molecule has 0 radical (unpaired) electrons. The molecule has 0 amide bonds. The average molecular weight is 525 g/mol. The van der Waals surface area contributed by atoms with Crippen molar-refractivity contribution in [3.63, 3.8) is 0 Å². The molecule has 0 aliphatic heterocycles. The molecule has 1 heterocycles. The number of rotatable bonds is 6. The van der Waals surface area contributed by atoms with Gasteiger partial charge in [-0.1, -0.05) is 59.2 Å². The van der Waals surface area contributed by atoms with Crippen LogP contribution < -0.4 is 0 Å². The van der Waals surface area contributed by atoms with Crippen LogP contribution in [0.4, 0.5) is 18.9 Å². The Morgan fingerprint density at radius 2 is 1.76 bits per heavy atom. The number of benzene rings is 3. The number of hydrogen-bond acceptors (Lipinski definition) is 5. The van der Waals surface area contributed by atoms with E-state index < -0.39 is 21.7 Å². The summed E-state index contributed by atoms with van der Waals surface area (Å²) in [6, 6.07) is 16.3. The molecular formula is C22H13Cl2F3N4O2S. The maximum absolute atomic E-state index is 13.5. The van der Waals surface area contributed by atoms with Crippen molar-refractivity contribution in [2.75, 3.05) is 0 Å². The topological polar surface area (TPSA) is 73.8 Å². The fourth-order valence-corrected chi connectivity index (χ4v) is 4.50. The highest BCUT2D eigenvalue weighted by molar-refractivity contribution is 7.98. The number of aromatic nitrogens is 3. The van der Waals surface area contributed by atoms with E-state index in [1.165, 1.54) is 34.5 Å². The number of non-ortho nitro benzene ring substituents is 1. The van der Waals surface area contributed by atoms with E-state index in [1.807, 2.05) is 0 Å². The lowest BCUT2D eigenvalue weighted by molar-refractivity contribution is -0.384. The molecule has 0 aliphatic carbocycles. The van der Waals surface area contributed by atoms with E-state index in [0.717, 1.165) is 12.1 Å². The van der Waals surface area contributed by atoms with Crippen LogP contribution in [0.1, 0.15) is 11.1 Å². The number of hydrogen-bond donors (Lipinski definition) is 0. The van der Waals surface area contributed by atoms with Gasteiger partial charge in [0, 0.05) is 28.5 Å². The summed E-state index contributed by atoms with van der Waals surface area (Å²) in [6.07, 6.45) is -4.66. The molecule has 0 N–H and O–H groups in total. The smallest absolute Gasteiger partial charge is 0.270 e. The number of thioether (sulfide) groups is 1. The zero-order valence-electron chi connectivity index (χ0n) is 17.0. The van der Waals surface area contributed by atoms with Gasteiger partial charge in [-0.25, -0.2) is 0 Å². The standard InChI is InChI=1S/C22H13Cl2F3N4O2S/c23-15-5-2-4-14(10-15)20-28-29-21(34-12-13-3-1-6-17(9-13)31(32)33)30(20)16-7-8-19(24)18(11-16)22(25,26)27/h1-11H,12H2. The SMILES string of the molecule is O=[N+]([O-])c1cccc(CSc2nnc(-c3cccc(Cl)c3)n2-c2ccc(Cl)c(C(F)(F)F)c2)c1. The first-order chi connectivity index (χ1) is 16.1. The van der Waals surface area contributed by atoms with Gasteiger partial charge in [0.2, 0.25) is 0 Å². The molecule has 4 rings (SSSR count). The number of nitrogens with zero attached hydrogens (tertiary/aromatic N) is 4. The highest BCUT2D eigenvalue weighted by atomic mass is 35.5. The first-order valence-corrected chi connectivity index (χ1v) is 11.3. The molecular weight excluding hydrogens is 512 g/mol. The minimum Gasteiger partial charge on any atom is -0.270 e. The molecule has 0 unspecified atom stereocenters. The molecule has 1 aromatic heterocycles. The van der Waals surface area contributed by atoms with Gasteiger partial charge in [0.05, 0.1) is 21.2 Å². The van der Waals surface area contributed by atoms with Crippen molar-refractivity contribution in [1.29, 1.82) is 0 Å². The van der Waals surface area contributed by atoms with E-state index in [0.29, 0.717) is 16.1 Å². The zero-order valence-corrected chi connectivity index (χ0v) is 19.3. The average Bonchev–Trinajstić information content (AvgIpc) is 3.21. The van der Waals surface area contributed by atoms with Gasteiger partial charge in [0.1, 0.15) is 0 Å². The second kappa shape index (κ2) is 9.65. The molecule has 0 saturated carbocycles. The number of halogens is 5. The molecule has 0 atom stereocenters. The third kappa shape index (κ3) is 5.19. The monoisotopic (exact) mass is 524 g/mol. The van der Waals surface area contributed by atoms with Gasteiger partial charge in [-0.2, -0.15) is 13.2 Å². The lowest BCUT2D eigenvalue weighted by Gasteiger charge is -2.14. The molecule has 0 bridgehead atoms. The van der Waals surface area contributed by atoms with Gasteiger partial charge in [0.15, 0.2) is 11.0 Å². The first-order valence-electron chi connectivity index (χ1n) is 9.58. The Morgan fingerprint density at radius 1 is 1.00 bits per heavy atom. The summed E-state index contributed by atoms with van der Waals surface area (Å²) in [5.41, 5.74) is 0.285. The van der Waals surface area contributed by atoms with Crippen LogP contribution in [0, 0.1) is 10.1 Å². The van der Waals surface area contributed by atoms with Crippen LogP contribution >= 0.6 is 35.0 Å². The van der Waals surface area contributed by atoms with Crippen LogP contribution in [0.5, 0.6) is 0 Å². The number of alkyl halides is 3. The maximum atomic E-state index is 13.5. The summed E-state index contributed by atoms with van der Waals surface area (Å²) in [5.74, 6) is 0.550. The van der Waals surface area contributed by atoms with Crippen molar-refractivity contribution in [1.82, 2.24) is 14.8 Å². The Morgan fingerprint density at radius 3 is 2.47 bits per heavy atom. The van der Waals surface area contributed by atoms with Gasteiger partial charge in [-0.15, -0.1) is 10.2 Å². The Kier molecular flexibility index (Phi) is 6.83. The second-order valence-corrected chi connectivity index (χ2v) is 8.82. The quantitative estimate of drug-likeness (QED) is 0.148. The Bertz CT molecular complexity index is 1380. The molecule has 174 valence electrons. The number of nitro benzene ring substituents is 1. The lowest BCUT2D eigenvalue weighted by Crippen LogP contribution is -2.08. The van der Waals surface area contributed by atoms with E-state index in [4.69, 9.17) is 23.2 Å². The minimum absolute atomic E-state index is 0.0632. The molecule has 6 nitrogen and oxygen atoms in total. The van der Waals surface area contributed by atoms with Gasteiger partial charge < -0.3 is 0 Å². The Balaban J connectivity index is 1.79. The first kappa shape index (κ1) is 24.1. The Hall–Kier alpha value is -3.08. The molecule has 34 heavy (non-hydrogen) atoms. The Labute approximate surface area is 205 Å². The molecule has 12 heteroatoms. The van der Waals surface area contributed by atoms with E-state index in [-0.39, 0.29) is 28.1 Å². The molecule has 0 fully saturated rings. The van der Waals surface area contributed by atoms with Crippen LogP contribution in [-0.4, -0.2) is 19.7 Å². The fraction of sp³-hybridized carbons (Fsp3) is 0.0909.